The molecule has 2 aromatic carbocycles. The second kappa shape index (κ2) is 6.53. The molecule has 30 heavy (non-hydrogen) atoms. The third-order valence-electron chi connectivity index (χ3n) is 5.46. The lowest BCUT2D eigenvalue weighted by atomic mass is 9.98. The molecule has 150 valence electrons. The number of amides is 1. The minimum Gasteiger partial charge on any atom is -0.508 e. The summed E-state index contributed by atoms with van der Waals surface area (Å²) < 4.78 is 5.95. The van der Waals surface area contributed by atoms with Crippen molar-refractivity contribution in [2.24, 2.45) is 0 Å². The number of anilines is 1. The molecule has 7 heteroatoms. The van der Waals surface area contributed by atoms with Crippen molar-refractivity contribution in [3.63, 3.8) is 0 Å². The van der Waals surface area contributed by atoms with Gasteiger partial charge in [-0.3, -0.25) is 14.5 Å². The molecular weight excluding hydrogens is 400 g/mol. The number of carbonyl (C=O) groups excluding carboxylic acids is 1. The lowest BCUT2D eigenvalue weighted by molar-refractivity contribution is 0.0971. The van der Waals surface area contributed by atoms with Gasteiger partial charge in [-0.2, -0.15) is 0 Å². The summed E-state index contributed by atoms with van der Waals surface area (Å²) in [6, 6.07) is 11.2. The van der Waals surface area contributed by atoms with Crippen LogP contribution in [0.15, 0.2) is 51.7 Å². The molecule has 1 aliphatic heterocycles. The molecule has 0 fully saturated rings. The van der Waals surface area contributed by atoms with Crippen LogP contribution in [0.2, 0.25) is 0 Å². The molecule has 1 amide bonds. The predicted molar refractivity (Wildman–Crippen MR) is 116 cm³/mol. The van der Waals surface area contributed by atoms with Crippen molar-refractivity contribution in [1.82, 2.24) is 4.98 Å². The van der Waals surface area contributed by atoms with E-state index in [4.69, 9.17) is 4.42 Å². The van der Waals surface area contributed by atoms with Crippen molar-refractivity contribution in [3.05, 3.63) is 85.7 Å². The first-order valence-electron chi connectivity index (χ1n) is 9.49. The maximum Gasteiger partial charge on any atom is 0.297 e. The second-order valence-electron chi connectivity index (χ2n) is 7.48. The maximum absolute atomic E-state index is 13.5. The van der Waals surface area contributed by atoms with Crippen molar-refractivity contribution in [2.45, 2.75) is 26.8 Å². The SMILES string of the molecule is Cc1ccc2oc3c(c(=O)c2c1)C(c1ccc(O)cc1)N(c1nc(C)c(C)s1)C3=O. The summed E-state index contributed by atoms with van der Waals surface area (Å²) in [6.45, 7) is 5.74. The van der Waals surface area contributed by atoms with Gasteiger partial charge in [-0.05, 0) is 50.6 Å². The van der Waals surface area contributed by atoms with Gasteiger partial charge in [0.05, 0.1) is 22.7 Å². The smallest absolute Gasteiger partial charge is 0.297 e. The summed E-state index contributed by atoms with van der Waals surface area (Å²) in [5, 5.41) is 10.7. The summed E-state index contributed by atoms with van der Waals surface area (Å²) >= 11 is 1.40. The lowest BCUT2D eigenvalue weighted by Crippen LogP contribution is -2.29. The Morgan fingerprint density at radius 2 is 1.80 bits per heavy atom. The van der Waals surface area contributed by atoms with E-state index < -0.39 is 11.9 Å². The number of aromatic hydroxyl groups is 1. The molecule has 0 bridgehead atoms. The van der Waals surface area contributed by atoms with Gasteiger partial charge < -0.3 is 9.52 Å². The zero-order chi connectivity index (χ0) is 21.2. The number of carbonyl (C=O) groups is 1. The van der Waals surface area contributed by atoms with E-state index in [2.05, 4.69) is 4.98 Å². The zero-order valence-corrected chi connectivity index (χ0v) is 17.4. The van der Waals surface area contributed by atoms with Crippen molar-refractivity contribution in [1.29, 1.82) is 0 Å². The minimum absolute atomic E-state index is 0.0416. The number of fused-ring (bicyclic) bond motifs is 2. The van der Waals surface area contributed by atoms with Crippen LogP contribution < -0.4 is 10.3 Å². The Kier molecular flexibility index (Phi) is 4.04. The van der Waals surface area contributed by atoms with E-state index in [0.29, 0.717) is 27.2 Å². The van der Waals surface area contributed by atoms with Crippen molar-refractivity contribution < 1.29 is 14.3 Å². The summed E-state index contributed by atoms with van der Waals surface area (Å²) in [7, 11) is 0. The number of phenols is 1. The van der Waals surface area contributed by atoms with E-state index in [9.17, 15) is 14.7 Å². The highest BCUT2D eigenvalue weighted by molar-refractivity contribution is 7.15. The minimum atomic E-state index is -0.681. The Balaban J connectivity index is 1.82. The quantitative estimate of drug-likeness (QED) is 0.513. The number of thiazole rings is 1. The molecule has 3 heterocycles. The van der Waals surface area contributed by atoms with Gasteiger partial charge in [0.1, 0.15) is 11.3 Å². The lowest BCUT2D eigenvalue weighted by Gasteiger charge is -2.22. The molecule has 6 nitrogen and oxygen atoms in total. The number of aryl methyl sites for hydroxylation is 3. The maximum atomic E-state index is 13.5. The summed E-state index contributed by atoms with van der Waals surface area (Å²) in [5.41, 5.74) is 2.93. The second-order valence-corrected chi connectivity index (χ2v) is 8.66. The Labute approximate surface area is 176 Å². The van der Waals surface area contributed by atoms with Gasteiger partial charge in [0.15, 0.2) is 10.6 Å². The number of hydrogen-bond acceptors (Lipinski definition) is 6. The fraction of sp³-hybridized carbons (Fsp3) is 0.174. The first-order valence-corrected chi connectivity index (χ1v) is 10.3. The Bertz CT molecular complexity index is 1370. The summed E-state index contributed by atoms with van der Waals surface area (Å²) in [4.78, 5) is 34.0. The standard InChI is InChI=1S/C23H18N2O4S/c1-11-4-9-17-16(10-11)20(27)18-19(14-5-7-15(26)8-6-14)25(22(28)21(18)29-17)23-24-12(2)13(3)30-23/h4-10,19,26H,1-3H3. The first-order chi connectivity index (χ1) is 14.3. The molecule has 1 unspecified atom stereocenters. The van der Waals surface area contributed by atoms with Crippen molar-refractivity contribution >= 4 is 33.3 Å². The van der Waals surface area contributed by atoms with Crippen LogP contribution in [0.4, 0.5) is 5.13 Å². The molecule has 0 saturated carbocycles. The van der Waals surface area contributed by atoms with E-state index in [0.717, 1.165) is 16.1 Å². The molecule has 4 aromatic rings. The van der Waals surface area contributed by atoms with Gasteiger partial charge in [-0.25, -0.2) is 4.98 Å². The number of rotatable bonds is 2. The topological polar surface area (TPSA) is 83.6 Å². The van der Waals surface area contributed by atoms with Crippen LogP contribution in [-0.2, 0) is 0 Å². The van der Waals surface area contributed by atoms with E-state index in [1.807, 2.05) is 26.8 Å². The Morgan fingerprint density at radius 3 is 2.47 bits per heavy atom. The largest absolute Gasteiger partial charge is 0.508 e. The third kappa shape index (κ3) is 2.66. The first kappa shape index (κ1) is 18.6. The van der Waals surface area contributed by atoms with E-state index >= 15 is 0 Å². The van der Waals surface area contributed by atoms with Gasteiger partial charge >= 0.3 is 0 Å². The fourth-order valence-electron chi connectivity index (χ4n) is 3.81. The number of aromatic nitrogens is 1. The van der Waals surface area contributed by atoms with Crippen LogP contribution in [-0.4, -0.2) is 16.0 Å². The van der Waals surface area contributed by atoms with E-state index in [1.54, 1.807) is 36.4 Å². The average molecular weight is 418 g/mol. The molecule has 0 saturated heterocycles. The monoisotopic (exact) mass is 418 g/mol. The van der Waals surface area contributed by atoms with Crippen LogP contribution in [0.25, 0.3) is 11.0 Å². The molecule has 0 radical (unpaired) electrons. The molecule has 1 aliphatic rings. The molecular formula is C23H18N2O4S. The van der Waals surface area contributed by atoms with Crippen LogP contribution in [0.1, 0.15) is 43.9 Å². The van der Waals surface area contributed by atoms with Crippen molar-refractivity contribution in [2.75, 3.05) is 4.90 Å². The van der Waals surface area contributed by atoms with Gasteiger partial charge in [0, 0.05) is 4.88 Å². The van der Waals surface area contributed by atoms with Crippen LogP contribution in [0, 0.1) is 20.8 Å². The van der Waals surface area contributed by atoms with Gasteiger partial charge in [-0.1, -0.05) is 23.8 Å². The van der Waals surface area contributed by atoms with Crippen LogP contribution in [0.3, 0.4) is 0 Å². The Hall–Kier alpha value is -3.45. The third-order valence-corrected chi connectivity index (χ3v) is 6.53. The molecule has 0 spiro atoms. The number of nitrogens with zero attached hydrogens (tertiary/aromatic N) is 2. The molecule has 5 rings (SSSR count). The predicted octanol–water partition coefficient (Wildman–Crippen LogP) is 4.63. The number of benzene rings is 2. The molecule has 2 aromatic heterocycles. The highest BCUT2D eigenvalue weighted by atomic mass is 32.1. The van der Waals surface area contributed by atoms with Gasteiger partial charge in [0.2, 0.25) is 5.76 Å². The summed E-state index contributed by atoms with van der Waals surface area (Å²) in [6.07, 6.45) is 0. The average Bonchev–Trinajstić information content (AvgIpc) is 3.20. The van der Waals surface area contributed by atoms with Gasteiger partial charge in [0.25, 0.3) is 5.91 Å². The van der Waals surface area contributed by atoms with E-state index in [1.165, 1.54) is 16.2 Å². The van der Waals surface area contributed by atoms with E-state index in [-0.39, 0.29) is 16.9 Å². The molecule has 1 atom stereocenters. The Morgan fingerprint density at radius 1 is 1.07 bits per heavy atom. The number of phenolic OH excluding ortho intramolecular Hbond substituents is 1. The fourth-order valence-corrected chi connectivity index (χ4v) is 4.75. The molecule has 0 aliphatic carbocycles. The van der Waals surface area contributed by atoms with Crippen molar-refractivity contribution in [3.8, 4) is 5.75 Å². The highest BCUT2D eigenvalue weighted by Crippen LogP contribution is 2.43. The van der Waals surface area contributed by atoms with Gasteiger partial charge in [-0.15, -0.1) is 11.3 Å². The van der Waals surface area contributed by atoms with Crippen LogP contribution in [0.5, 0.6) is 5.75 Å². The summed E-state index contributed by atoms with van der Waals surface area (Å²) in [5.74, 6) is -0.242. The highest BCUT2D eigenvalue weighted by Gasteiger charge is 2.45. The normalized spacial score (nSPS) is 15.8. The number of hydrogen-bond donors (Lipinski definition) is 1. The van der Waals surface area contributed by atoms with Crippen LogP contribution >= 0.6 is 11.3 Å². The zero-order valence-electron chi connectivity index (χ0n) is 16.6. The molecule has 1 N–H and O–H groups in total.